The third kappa shape index (κ3) is 1.87. The number of para-hydroxylation sites is 1. The molecule has 0 saturated heterocycles. The van der Waals surface area contributed by atoms with Gasteiger partial charge in [0.25, 0.3) is 5.69 Å². The van der Waals surface area contributed by atoms with Gasteiger partial charge in [-0.25, -0.2) is 4.79 Å². The Morgan fingerprint density at radius 2 is 2.06 bits per heavy atom. The summed E-state index contributed by atoms with van der Waals surface area (Å²) < 4.78 is 0. The molecule has 0 amide bonds. The molecule has 0 aliphatic heterocycles. The molecule has 0 aliphatic carbocycles. The predicted molar refractivity (Wildman–Crippen MR) is 54.9 cm³/mol. The summed E-state index contributed by atoms with van der Waals surface area (Å²) in [5.41, 5.74) is -2.81. The number of carbonyl (C=O) groups is 1. The molecular formula is C10H11NO5. The number of hydrogen-bond donors (Lipinski definition) is 2. The normalized spacial score (nSPS) is 14.1. The van der Waals surface area contributed by atoms with E-state index in [9.17, 15) is 20.0 Å². The fourth-order valence-electron chi connectivity index (χ4n) is 1.44. The Morgan fingerprint density at radius 1 is 1.50 bits per heavy atom. The van der Waals surface area contributed by atoms with E-state index in [1.54, 1.807) is 0 Å². The van der Waals surface area contributed by atoms with Crippen LogP contribution in [0.5, 0.6) is 0 Å². The first kappa shape index (κ1) is 12.1. The van der Waals surface area contributed by atoms with Gasteiger partial charge in [0.1, 0.15) is 0 Å². The van der Waals surface area contributed by atoms with Gasteiger partial charge in [-0.3, -0.25) is 10.1 Å². The van der Waals surface area contributed by atoms with Crippen LogP contribution in [-0.4, -0.2) is 21.1 Å². The summed E-state index contributed by atoms with van der Waals surface area (Å²) in [5.74, 6) is -1.50. The first-order valence-electron chi connectivity index (χ1n) is 4.63. The lowest BCUT2D eigenvalue weighted by Gasteiger charge is -2.21. The molecule has 0 aromatic heterocycles. The largest absolute Gasteiger partial charge is 0.479 e. The van der Waals surface area contributed by atoms with Gasteiger partial charge in [-0.15, -0.1) is 0 Å². The summed E-state index contributed by atoms with van der Waals surface area (Å²) in [6.45, 7) is 1.45. The lowest BCUT2D eigenvalue weighted by Crippen LogP contribution is -2.35. The second-order valence-corrected chi connectivity index (χ2v) is 3.29. The molecule has 0 spiro atoms. The number of aliphatic carboxylic acids is 1. The van der Waals surface area contributed by atoms with Crippen molar-refractivity contribution in [3.05, 3.63) is 39.9 Å². The molecule has 0 radical (unpaired) electrons. The fourth-order valence-corrected chi connectivity index (χ4v) is 1.44. The minimum atomic E-state index is -2.22. The van der Waals surface area contributed by atoms with Crippen molar-refractivity contribution in [2.24, 2.45) is 0 Å². The number of hydrogen-bond acceptors (Lipinski definition) is 4. The summed E-state index contributed by atoms with van der Waals surface area (Å²) >= 11 is 0. The molecular weight excluding hydrogens is 214 g/mol. The standard InChI is InChI=1S/C10H11NO5/c1-2-10(14,9(12)13)7-5-3-4-6-8(7)11(15)16/h3-6,14H,2H2,1H3,(H,12,13). The van der Waals surface area contributed by atoms with Crippen LogP contribution in [0.3, 0.4) is 0 Å². The fraction of sp³-hybridized carbons (Fsp3) is 0.300. The zero-order chi connectivity index (χ0) is 12.3. The van der Waals surface area contributed by atoms with Crippen LogP contribution in [0.2, 0.25) is 0 Å². The molecule has 6 heteroatoms. The highest BCUT2D eigenvalue weighted by atomic mass is 16.6. The zero-order valence-electron chi connectivity index (χ0n) is 8.58. The number of nitro groups is 1. The van der Waals surface area contributed by atoms with Gasteiger partial charge in [-0.05, 0) is 12.5 Å². The molecule has 0 fully saturated rings. The summed E-state index contributed by atoms with van der Waals surface area (Å²) in [6, 6.07) is 5.28. The van der Waals surface area contributed by atoms with E-state index in [0.29, 0.717) is 0 Å². The predicted octanol–water partition coefficient (Wildman–Crippen LogP) is 1.28. The monoisotopic (exact) mass is 225 g/mol. The van der Waals surface area contributed by atoms with Gasteiger partial charge in [0.15, 0.2) is 5.60 Å². The molecule has 0 bridgehead atoms. The Bertz CT molecular complexity index is 431. The van der Waals surface area contributed by atoms with Crippen LogP contribution in [0.1, 0.15) is 18.9 Å². The highest BCUT2D eigenvalue weighted by molar-refractivity contribution is 5.80. The van der Waals surface area contributed by atoms with Gasteiger partial charge in [0, 0.05) is 6.07 Å². The SMILES string of the molecule is CCC(O)(C(=O)O)c1ccccc1[N+](=O)[O-]. The van der Waals surface area contributed by atoms with Gasteiger partial charge in [-0.1, -0.05) is 19.1 Å². The molecule has 1 aromatic rings. The van der Waals surface area contributed by atoms with E-state index in [-0.39, 0.29) is 12.0 Å². The van der Waals surface area contributed by atoms with Crippen molar-refractivity contribution >= 4 is 11.7 Å². The number of carboxylic acids is 1. The smallest absolute Gasteiger partial charge is 0.340 e. The highest BCUT2D eigenvalue weighted by Crippen LogP contribution is 2.32. The second kappa shape index (κ2) is 4.28. The Kier molecular flexibility index (Phi) is 3.24. The maximum Gasteiger partial charge on any atom is 0.340 e. The summed E-state index contributed by atoms with van der Waals surface area (Å²) in [7, 11) is 0. The van der Waals surface area contributed by atoms with Crippen LogP contribution < -0.4 is 0 Å². The molecule has 1 atom stereocenters. The van der Waals surface area contributed by atoms with Crippen LogP contribution in [-0.2, 0) is 10.4 Å². The van der Waals surface area contributed by atoms with Gasteiger partial charge < -0.3 is 10.2 Å². The van der Waals surface area contributed by atoms with Gasteiger partial charge in [0.2, 0.25) is 0 Å². The third-order valence-corrected chi connectivity index (χ3v) is 2.41. The van der Waals surface area contributed by atoms with Crippen LogP contribution in [0.15, 0.2) is 24.3 Å². The number of carboxylic acid groups (broad SMARTS) is 1. The first-order valence-corrected chi connectivity index (χ1v) is 4.63. The quantitative estimate of drug-likeness (QED) is 0.593. The van der Waals surface area contributed by atoms with E-state index in [0.717, 1.165) is 0 Å². The zero-order valence-corrected chi connectivity index (χ0v) is 8.58. The average molecular weight is 225 g/mol. The Morgan fingerprint density at radius 3 is 2.50 bits per heavy atom. The van der Waals surface area contributed by atoms with E-state index in [2.05, 4.69) is 0 Å². The molecule has 2 N–H and O–H groups in total. The topological polar surface area (TPSA) is 101 Å². The van der Waals surface area contributed by atoms with Crippen molar-refractivity contribution in [2.45, 2.75) is 18.9 Å². The van der Waals surface area contributed by atoms with Gasteiger partial charge in [-0.2, -0.15) is 0 Å². The van der Waals surface area contributed by atoms with Gasteiger partial charge >= 0.3 is 5.97 Å². The van der Waals surface area contributed by atoms with E-state index in [1.807, 2.05) is 0 Å². The Balaban J connectivity index is 3.41. The van der Waals surface area contributed by atoms with E-state index >= 15 is 0 Å². The van der Waals surface area contributed by atoms with Crippen molar-refractivity contribution in [1.82, 2.24) is 0 Å². The maximum absolute atomic E-state index is 11.0. The molecule has 0 aliphatic rings. The third-order valence-electron chi connectivity index (χ3n) is 2.41. The molecule has 0 saturated carbocycles. The summed E-state index contributed by atoms with van der Waals surface area (Å²) in [4.78, 5) is 21.0. The summed E-state index contributed by atoms with van der Waals surface area (Å²) in [6.07, 6.45) is -0.146. The van der Waals surface area contributed by atoms with E-state index in [1.165, 1.54) is 31.2 Å². The van der Waals surface area contributed by atoms with Crippen LogP contribution >= 0.6 is 0 Å². The number of aliphatic hydroxyl groups is 1. The molecule has 16 heavy (non-hydrogen) atoms. The Labute approximate surface area is 91.3 Å². The van der Waals surface area contributed by atoms with E-state index in [4.69, 9.17) is 5.11 Å². The minimum Gasteiger partial charge on any atom is -0.479 e. The minimum absolute atomic E-state index is 0.146. The molecule has 1 rings (SSSR count). The maximum atomic E-state index is 11.0. The Hall–Kier alpha value is -1.95. The highest BCUT2D eigenvalue weighted by Gasteiger charge is 2.41. The van der Waals surface area contributed by atoms with Crippen molar-refractivity contribution < 1.29 is 19.9 Å². The number of benzene rings is 1. The van der Waals surface area contributed by atoms with Crippen LogP contribution in [0.4, 0.5) is 5.69 Å². The van der Waals surface area contributed by atoms with Crippen molar-refractivity contribution in [2.75, 3.05) is 0 Å². The molecule has 6 nitrogen and oxygen atoms in total. The summed E-state index contributed by atoms with van der Waals surface area (Å²) in [5, 5.41) is 29.5. The molecule has 1 unspecified atom stereocenters. The lowest BCUT2D eigenvalue weighted by molar-refractivity contribution is -0.386. The van der Waals surface area contributed by atoms with Crippen molar-refractivity contribution in [1.29, 1.82) is 0 Å². The van der Waals surface area contributed by atoms with Crippen molar-refractivity contribution in [3.8, 4) is 0 Å². The lowest BCUT2D eigenvalue weighted by atomic mass is 9.90. The van der Waals surface area contributed by atoms with Crippen LogP contribution in [0, 0.1) is 10.1 Å². The molecule has 0 heterocycles. The second-order valence-electron chi connectivity index (χ2n) is 3.29. The average Bonchev–Trinajstić information content (AvgIpc) is 2.27. The number of nitrogens with zero attached hydrogens (tertiary/aromatic N) is 1. The molecule has 1 aromatic carbocycles. The molecule has 86 valence electrons. The first-order chi connectivity index (χ1) is 7.43. The van der Waals surface area contributed by atoms with Gasteiger partial charge in [0.05, 0.1) is 10.5 Å². The number of nitro benzene ring substituents is 1. The van der Waals surface area contributed by atoms with E-state index < -0.39 is 22.2 Å². The number of rotatable bonds is 4. The van der Waals surface area contributed by atoms with Crippen molar-refractivity contribution in [3.63, 3.8) is 0 Å². The van der Waals surface area contributed by atoms with Crippen LogP contribution in [0.25, 0.3) is 0 Å².